The third-order valence-electron chi connectivity index (χ3n) is 3.76. The molecule has 2 N–H and O–H groups in total. The van der Waals surface area contributed by atoms with E-state index in [4.69, 9.17) is 0 Å². The molecule has 2 aromatic carbocycles. The van der Waals surface area contributed by atoms with E-state index in [2.05, 4.69) is 15.8 Å². The smallest absolute Gasteiger partial charge is 0.240 e. The van der Waals surface area contributed by atoms with Gasteiger partial charge in [-0.25, -0.2) is 5.43 Å². The van der Waals surface area contributed by atoms with Crippen molar-refractivity contribution in [2.24, 2.45) is 5.10 Å². The predicted molar refractivity (Wildman–Crippen MR) is 108 cm³/mol. The van der Waals surface area contributed by atoms with E-state index in [0.717, 1.165) is 22.4 Å². The number of hydrogen-bond acceptors (Lipinski definition) is 4. The summed E-state index contributed by atoms with van der Waals surface area (Å²) >= 11 is 1.67. The highest BCUT2D eigenvalue weighted by molar-refractivity contribution is 7.98. The van der Waals surface area contributed by atoms with E-state index in [-0.39, 0.29) is 24.7 Å². The Labute approximate surface area is 158 Å². The Hall–Kier alpha value is -2.60. The molecule has 0 heterocycles. The minimum absolute atomic E-state index is 0.0828. The van der Waals surface area contributed by atoms with Gasteiger partial charge in [0, 0.05) is 23.4 Å². The van der Waals surface area contributed by atoms with Crippen LogP contribution >= 0.6 is 11.8 Å². The fraction of sp³-hybridized carbons (Fsp3) is 0.250. The first kappa shape index (κ1) is 19.7. The predicted octanol–water partition coefficient (Wildman–Crippen LogP) is 3.89. The highest BCUT2D eigenvalue weighted by atomic mass is 32.2. The van der Waals surface area contributed by atoms with Crippen molar-refractivity contribution in [3.05, 3.63) is 59.2 Å². The number of carbonyl (C=O) groups excluding carboxylic acids is 2. The maximum Gasteiger partial charge on any atom is 0.240 e. The molecule has 5 nitrogen and oxygen atoms in total. The van der Waals surface area contributed by atoms with Crippen LogP contribution in [0.25, 0.3) is 0 Å². The van der Waals surface area contributed by atoms with E-state index in [1.165, 1.54) is 4.90 Å². The minimum Gasteiger partial charge on any atom is -0.326 e. The standard InChI is InChI=1S/C20H23N3O2S/c1-14-4-5-15(2)18(12-14)22-19(24)10-11-20(25)23-21-13-16-6-8-17(26-3)9-7-16/h4-9,12-13H,10-11H2,1-3H3,(H,22,24)(H,23,25). The first-order chi connectivity index (χ1) is 12.5. The molecule has 0 atom stereocenters. The number of hydrogen-bond donors (Lipinski definition) is 2. The number of nitrogens with one attached hydrogen (secondary N) is 2. The molecule has 0 saturated carbocycles. The Morgan fingerprint density at radius 3 is 2.42 bits per heavy atom. The first-order valence-corrected chi connectivity index (χ1v) is 9.53. The van der Waals surface area contributed by atoms with Crippen molar-refractivity contribution in [2.45, 2.75) is 31.6 Å². The van der Waals surface area contributed by atoms with Crippen LogP contribution < -0.4 is 10.7 Å². The molecule has 0 fully saturated rings. The number of nitrogens with zero attached hydrogens (tertiary/aromatic N) is 1. The Balaban J connectivity index is 1.76. The van der Waals surface area contributed by atoms with Crippen LogP contribution in [0.2, 0.25) is 0 Å². The number of aryl methyl sites for hydroxylation is 2. The summed E-state index contributed by atoms with van der Waals surface area (Å²) in [6, 6.07) is 13.7. The van der Waals surface area contributed by atoms with Gasteiger partial charge in [0.1, 0.15) is 0 Å². The lowest BCUT2D eigenvalue weighted by Gasteiger charge is -2.09. The molecule has 6 heteroatoms. The van der Waals surface area contributed by atoms with Crippen LogP contribution in [0.5, 0.6) is 0 Å². The molecule has 2 rings (SSSR count). The molecule has 0 bridgehead atoms. The van der Waals surface area contributed by atoms with Gasteiger partial charge in [-0.05, 0) is 55.0 Å². The van der Waals surface area contributed by atoms with Crippen molar-refractivity contribution in [2.75, 3.05) is 11.6 Å². The van der Waals surface area contributed by atoms with Crippen LogP contribution in [-0.4, -0.2) is 24.3 Å². The fourth-order valence-electron chi connectivity index (χ4n) is 2.23. The molecule has 2 amide bonds. The second kappa shape index (κ2) is 9.77. The van der Waals surface area contributed by atoms with E-state index >= 15 is 0 Å². The molecule has 0 unspecified atom stereocenters. The summed E-state index contributed by atoms with van der Waals surface area (Å²) in [5.41, 5.74) is 6.19. The van der Waals surface area contributed by atoms with Gasteiger partial charge in [-0.1, -0.05) is 24.3 Å². The summed E-state index contributed by atoms with van der Waals surface area (Å²) < 4.78 is 0. The SMILES string of the molecule is CSc1ccc(C=NNC(=O)CCC(=O)Nc2cc(C)ccc2C)cc1. The van der Waals surface area contributed by atoms with Gasteiger partial charge in [0.25, 0.3) is 0 Å². The number of thioether (sulfide) groups is 1. The van der Waals surface area contributed by atoms with Crippen molar-refractivity contribution in [1.82, 2.24) is 5.43 Å². The van der Waals surface area contributed by atoms with Crippen molar-refractivity contribution in [3.8, 4) is 0 Å². The normalized spacial score (nSPS) is 10.7. The van der Waals surface area contributed by atoms with E-state index in [9.17, 15) is 9.59 Å². The topological polar surface area (TPSA) is 70.6 Å². The molecule has 0 aliphatic carbocycles. The minimum atomic E-state index is -0.293. The zero-order chi connectivity index (χ0) is 18.9. The largest absolute Gasteiger partial charge is 0.326 e. The summed E-state index contributed by atoms with van der Waals surface area (Å²) in [5, 5.41) is 6.76. The second-order valence-electron chi connectivity index (χ2n) is 5.93. The van der Waals surface area contributed by atoms with E-state index in [0.29, 0.717) is 0 Å². The summed E-state index contributed by atoms with van der Waals surface area (Å²) in [4.78, 5) is 25.0. The van der Waals surface area contributed by atoms with Crippen LogP contribution in [0, 0.1) is 13.8 Å². The van der Waals surface area contributed by atoms with Gasteiger partial charge in [0.15, 0.2) is 0 Å². The van der Waals surface area contributed by atoms with Gasteiger partial charge in [0.05, 0.1) is 6.21 Å². The molecule has 2 aromatic rings. The fourth-order valence-corrected chi connectivity index (χ4v) is 2.64. The van der Waals surface area contributed by atoms with E-state index < -0.39 is 0 Å². The number of amides is 2. The lowest BCUT2D eigenvalue weighted by molar-refractivity contribution is -0.124. The lowest BCUT2D eigenvalue weighted by atomic mass is 10.1. The highest BCUT2D eigenvalue weighted by Crippen LogP contribution is 2.16. The van der Waals surface area contributed by atoms with Crippen LogP contribution in [-0.2, 0) is 9.59 Å². The average molecular weight is 369 g/mol. The molecular weight excluding hydrogens is 346 g/mol. The zero-order valence-electron chi connectivity index (χ0n) is 15.2. The van der Waals surface area contributed by atoms with Crippen LogP contribution in [0.15, 0.2) is 52.5 Å². The number of rotatable bonds is 7. The lowest BCUT2D eigenvalue weighted by Crippen LogP contribution is -2.20. The second-order valence-corrected chi connectivity index (χ2v) is 6.81. The van der Waals surface area contributed by atoms with E-state index in [1.54, 1.807) is 18.0 Å². The number of anilines is 1. The maximum atomic E-state index is 12.0. The van der Waals surface area contributed by atoms with Crippen molar-refractivity contribution in [3.63, 3.8) is 0 Å². The quantitative estimate of drug-likeness (QED) is 0.442. The Morgan fingerprint density at radius 1 is 1.04 bits per heavy atom. The van der Waals surface area contributed by atoms with Gasteiger partial charge in [-0.3, -0.25) is 9.59 Å². The third kappa shape index (κ3) is 6.37. The van der Waals surface area contributed by atoms with Crippen molar-refractivity contribution in [1.29, 1.82) is 0 Å². The van der Waals surface area contributed by atoms with Gasteiger partial charge < -0.3 is 5.32 Å². The molecule has 0 aliphatic heterocycles. The molecular formula is C20H23N3O2S. The molecule has 0 spiro atoms. The van der Waals surface area contributed by atoms with Gasteiger partial charge >= 0.3 is 0 Å². The molecule has 26 heavy (non-hydrogen) atoms. The molecule has 0 aromatic heterocycles. The average Bonchev–Trinajstić information content (AvgIpc) is 2.63. The Bertz CT molecular complexity index is 801. The molecule has 0 aliphatic rings. The zero-order valence-corrected chi connectivity index (χ0v) is 16.0. The van der Waals surface area contributed by atoms with Gasteiger partial charge in [-0.15, -0.1) is 11.8 Å². The molecule has 0 saturated heterocycles. The van der Waals surface area contributed by atoms with Crippen molar-refractivity contribution < 1.29 is 9.59 Å². The van der Waals surface area contributed by atoms with E-state index in [1.807, 2.05) is 62.6 Å². The van der Waals surface area contributed by atoms with Gasteiger partial charge in [-0.2, -0.15) is 5.10 Å². The number of hydrazone groups is 1. The molecule has 136 valence electrons. The molecule has 0 radical (unpaired) electrons. The van der Waals surface area contributed by atoms with Gasteiger partial charge in [0.2, 0.25) is 11.8 Å². The third-order valence-corrected chi connectivity index (χ3v) is 4.51. The summed E-state index contributed by atoms with van der Waals surface area (Å²) in [6.07, 6.45) is 3.79. The van der Waals surface area contributed by atoms with Crippen molar-refractivity contribution >= 4 is 35.5 Å². The first-order valence-electron chi connectivity index (χ1n) is 8.31. The number of carbonyl (C=O) groups is 2. The maximum absolute atomic E-state index is 12.0. The monoisotopic (exact) mass is 369 g/mol. The summed E-state index contributed by atoms with van der Waals surface area (Å²) in [6.45, 7) is 3.90. The number of benzene rings is 2. The Kier molecular flexibility index (Phi) is 7.41. The summed E-state index contributed by atoms with van der Waals surface area (Å²) in [5.74, 6) is -0.483. The summed E-state index contributed by atoms with van der Waals surface area (Å²) in [7, 11) is 0. The van der Waals surface area contributed by atoms with Crippen LogP contribution in [0.4, 0.5) is 5.69 Å². The highest BCUT2D eigenvalue weighted by Gasteiger charge is 2.08. The van der Waals surface area contributed by atoms with Crippen LogP contribution in [0.3, 0.4) is 0 Å². The Morgan fingerprint density at radius 2 is 1.73 bits per heavy atom. The van der Waals surface area contributed by atoms with Crippen LogP contribution in [0.1, 0.15) is 29.5 Å².